The number of benzene rings is 1. The predicted octanol–water partition coefficient (Wildman–Crippen LogP) is 2.59. The van der Waals surface area contributed by atoms with Gasteiger partial charge in [-0.05, 0) is 49.7 Å². The fourth-order valence-electron chi connectivity index (χ4n) is 2.64. The standard InChI is InChI=1S/C19H22N4O3S/c1-3-5-6-15(19(24)25)27-17-12-11-16-20-21-18(23(16)22-17)13-7-9-14(10-8-13)26-4-2/h7-12,15H,3-6H2,1-2H3,(H,24,25)/p-1/t15-/m0/s1. The van der Waals surface area contributed by atoms with Gasteiger partial charge in [-0.2, -0.15) is 9.61 Å². The Kier molecular flexibility index (Phi) is 6.28. The van der Waals surface area contributed by atoms with Crippen LogP contribution in [-0.2, 0) is 4.79 Å². The van der Waals surface area contributed by atoms with E-state index in [1.807, 2.05) is 38.1 Å². The summed E-state index contributed by atoms with van der Waals surface area (Å²) in [6.07, 6.45) is 2.32. The molecule has 0 radical (unpaired) electrons. The maximum absolute atomic E-state index is 11.4. The first-order valence-electron chi connectivity index (χ1n) is 8.95. The van der Waals surface area contributed by atoms with Crippen molar-refractivity contribution in [1.82, 2.24) is 19.8 Å². The number of ether oxygens (including phenoxy) is 1. The zero-order valence-electron chi connectivity index (χ0n) is 15.3. The number of nitrogens with zero attached hydrogens (tertiary/aromatic N) is 4. The van der Waals surface area contributed by atoms with Crippen molar-refractivity contribution in [3.8, 4) is 17.1 Å². The minimum atomic E-state index is -1.06. The van der Waals surface area contributed by atoms with E-state index in [-0.39, 0.29) is 0 Å². The molecule has 7 nitrogen and oxygen atoms in total. The molecular formula is C19H21N4O3S-. The van der Waals surface area contributed by atoms with Crippen LogP contribution in [0.15, 0.2) is 41.4 Å². The zero-order chi connectivity index (χ0) is 19.2. The lowest BCUT2D eigenvalue weighted by Crippen LogP contribution is -2.33. The predicted molar refractivity (Wildman–Crippen MR) is 102 cm³/mol. The number of carbonyl (C=O) groups is 1. The average Bonchev–Trinajstić information content (AvgIpc) is 3.09. The number of fused-ring (bicyclic) bond motifs is 1. The fourth-order valence-corrected chi connectivity index (χ4v) is 3.59. The van der Waals surface area contributed by atoms with Gasteiger partial charge in [-0.25, -0.2) is 0 Å². The number of unbranched alkanes of at least 4 members (excludes halogenated alkanes) is 1. The van der Waals surface area contributed by atoms with Crippen LogP contribution >= 0.6 is 11.8 Å². The summed E-state index contributed by atoms with van der Waals surface area (Å²) in [4.78, 5) is 11.4. The van der Waals surface area contributed by atoms with Crippen LogP contribution in [0.2, 0.25) is 0 Å². The molecule has 0 unspecified atom stereocenters. The summed E-state index contributed by atoms with van der Waals surface area (Å²) in [7, 11) is 0. The van der Waals surface area contributed by atoms with Crippen LogP contribution in [0.1, 0.15) is 33.1 Å². The Morgan fingerprint density at radius 1 is 1.19 bits per heavy atom. The molecule has 0 aliphatic heterocycles. The lowest BCUT2D eigenvalue weighted by atomic mass is 10.2. The number of carboxylic acid groups (broad SMARTS) is 1. The Balaban J connectivity index is 1.88. The van der Waals surface area contributed by atoms with E-state index in [1.165, 1.54) is 11.8 Å². The molecule has 2 aromatic heterocycles. The van der Waals surface area contributed by atoms with E-state index in [9.17, 15) is 9.90 Å². The van der Waals surface area contributed by atoms with Crippen molar-refractivity contribution < 1.29 is 14.6 Å². The minimum absolute atomic E-state index is 0.553. The number of aromatic nitrogens is 4. The molecular weight excluding hydrogens is 364 g/mol. The van der Waals surface area contributed by atoms with Crippen molar-refractivity contribution in [3.05, 3.63) is 36.4 Å². The summed E-state index contributed by atoms with van der Waals surface area (Å²) in [5.41, 5.74) is 1.45. The second-order valence-corrected chi connectivity index (χ2v) is 7.21. The molecule has 2 heterocycles. The molecule has 0 fully saturated rings. The van der Waals surface area contributed by atoms with Gasteiger partial charge in [0.1, 0.15) is 10.8 Å². The molecule has 0 saturated carbocycles. The van der Waals surface area contributed by atoms with Crippen LogP contribution < -0.4 is 9.84 Å². The molecule has 0 aliphatic rings. The summed E-state index contributed by atoms with van der Waals surface area (Å²) in [6, 6.07) is 11.1. The third kappa shape index (κ3) is 4.57. The van der Waals surface area contributed by atoms with Crippen LogP contribution in [0.3, 0.4) is 0 Å². The Bertz CT molecular complexity index is 911. The Hall–Kier alpha value is -2.61. The largest absolute Gasteiger partial charge is 0.549 e. The van der Waals surface area contributed by atoms with Crippen LogP contribution in [0.5, 0.6) is 5.75 Å². The molecule has 0 aliphatic carbocycles. The highest BCUT2D eigenvalue weighted by Gasteiger charge is 2.15. The van der Waals surface area contributed by atoms with Crippen molar-refractivity contribution in [2.45, 2.75) is 43.4 Å². The fraction of sp³-hybridized carbons (Fsp3) is 0.368. The van der Waals surface area contributed by atoms with Crippen molar-refractivity contribution in [2.75, 3.05) is 6.61 Å². The lowest BCUT2D eigenvalue weighted by molar-refractivity contribution is -0.304. The third-order valence-electron chi connectivity index (χ3n) is 4.01. The van der Waals surface area contributed by atoms with Crippen LogP contribution in [0.4, 0.5) is 0 Å². The number of rotatable bonds is 9. The molecule has 3 aromatic rings. The number of thioether (sulfide) groups is 1. The van der Waals surface area contributed by atoms with Gasteiger partial charge in [-0.15, -0.1) is 10.2 Å². The average molecular weight is 385 g/mol. The van der Waals surface area contributed by atoms with Crippen molar-refractivity contribution in [3.63, 3.8) is 0 Å². The maximum atomic E-state index is 11.4. The van der Waals surface area contributed by atoms with Gasteiger partial charge in [-0.1, -0.05) is 31.5 Å². The van der Waals surface area contributed by atoms with Gasteiger partial charge in [0.25, 0.3) is 0 Å². The highest BCUT2D eigenvalue weighted by molar-refractivity contribution is 8.00. The molecule has 142 valence electrons. The third-order valence-corrected chi connectivity index (χ3v) is 5.18. The molecule has 8 heteroatoms. The summed E-state index contributed by atoms with van der Waals surface area (Å²) >= 11 is 1.20. The SMILES string of the molecule is CCCC[C@H](Sc1ccc2nnc(-c3ccc(OCC)cc3)n2n1)C(=O)[O-]. The summed E-state index contributed by atoms with van der Waals surface area (Å²) < 4.78 is 7.09. The summed E-state index contributed by atoms with van der Waals surface area (Å²) in [6.45, 7) is 4.57. The van der Waals surface area contributed by atoms with E-state index in [4.69, 9.17) is 4.74 Å². The first-order valence-corrected chi connectivity index (χ1v) is 9.83. The number of carboxylic acids is 1. The monoisotopic (exact) mass is 385 g/mol. The summed E-state index contributed by atoms with van der Waals surface area (Å²) in [5.74, 6) is 0.312. The minimum Gasteiger partial charge on any atom is -0.549 e. The summed E-state index contributed by atoms with van der Waals surface area (Å²) in [5, 5.41) is 24.3. The molecule has 27 heavy (non-hydrogen) atoms. The molecule has 3 rings (SSSR count). The van der Waals surface area contributed by atoms with E-state index in [0.29, 0.717) is 29.5 Å². The van der Waals surface area contributed by atoms with Gasteiger partial charge in [0.05, 0.1) is 17.8 Å². The topological polar surface area (TPSA) is 92.4 Å². The number of hydrogen-bond acceptors (Lipinski definition) is 7. The van der Waals surface area contributed by atoms with E-state index < -0.39 is 11.2 Å². The lowest BCUT2D eigenvalue weighted by Gasteiger charge is -2.16. The van der Waals surface area contributed by atoms with Crippen LogP contribution in [0, 0.1) is 0 Å². The van der Waals surface area contributed by atoms with Gasteiger partial charge < -0.3 is 14.6 Å². The van der Waals surface area contributed by atoms with Crippen molar-refractivity contribution in [2.24, 2.45) is 0 Å². The van der Waals surface area contributed by atoms with Crippen LogP contribution in [0.25, 0.3) is 17.0 Å². The first-order chi connectivity index (χ1) is 13.1. The highest BCUT2D eigenvalue weighted by Crippen LogP contribution is 2.27. The zero-order valence-corrected chi connectivity index (χ0v) is 16.1. The van der Waals surface area contributed by atoms with Gasteiger partial charge >= 0.3 is 0 Å². The normalized spacial score (nSPS) is 12.2. The van der Waals surface area contributed by atoms with Gasteiger partial charge in [0.2, 0.25) is 0 Å². The van der Waals surface area contributed by atoms with Crippen LogP contribution in [-0.4, -0.2) is 37.6 Å². The Labute approximate surface area is 161 Å². The quantitative estimate of drug-likeness (QED) is 0.523. The highest BCUT2D eigenvalue weighted by atomic mass is 32.2. The Morgan fingerprint density at radius 2 is 1.96 bits per heavy atom. The molecule has 0 spiro atoms. The second-order valence-electron chi connectivity index (χ2n) is 5.99. The second kappa shape index (κ2) is 8.85. The molecule has 1 aromatic carbocycles. The molecule has 1 atom stereocenters. The molecule has 0 amide bonds. The maximum Gasteiger partial charge on any atom is 0.185 e. The van der Waals surface area contributed by atoms with E-state index >= 15 is 0 Å². The van der Waals surface area contributed by atoms with Crippen molar-refractivity contribution in [1.29, 1.82) is 0 Å². The number of hydrogen-bond donors (Lipinski definition) is 0. The molecule has 0 N–H and O–H groups in total. The van der Waals surface area contributed by atoms with E-state index in [1.54, 1.807) is 16.6 Å². The van der Waals surface area contributed by atoms with Gasteiger partial charge in [0, 0.05) is 5.56 Å². The number of carbonyl (C=O) groups excluding carboxylic acids is 1. The Morgan fingerprint density at radius 3 is 2.63 bits per heavy atom. The van der Waals surface area contributed by atoms with Crippen molar-refractivity contribution >= 4 is 23.4 Å². The smallest absolute Gasteiger partial charge is 0.185 e. The van der Waals surface area contributed by atoms with Gasteiger partial charge in [-0.3, -0.25) is 0 Å². The first kappa shape index (κ1) is 19.2. The molecule has 0 saturated heterocycles. The van der Waals surface area contributed by atoms with E-state index in [2.05, 4.69) is 15.3 Å². The van der Waals surface area contributed by atoms with E-state index in [0.717, 1.165) is 24.2 Å². The molecule has 0 bridgehead atoms. The van der Waals surface area contributed by atoms with Gasteiger partial charge in [0.15, 0.2) is 11.5 Å². The number of aliphatic carboxylic acids is 1.